The van der Waals surface area contributed by atoms with Crippen LogP contribution < -0.4 is 0 Å². The highest BCUT2D eigenvalue weighted by Crippen LogP contribution is 2.35. The Kier molecular flexibility index (Phi) is 6.29. The second-order valence-corrected chi connectivity index (χ2v) is 8.77. The Morgan fingerprint density at radius 2 is 1.93 bits per heavy atom. The minimum absolute atomic E-state index is 0.262. The first kappa shape index (κ1) is 19.4. The lowest BCUT2D eigenvalue weighted by Crippen LogP contribution is -2.50. The molecule has 0 N–H and O–H groups in total. The van der Waals surface area contributed by atoms with Crippen LogP contribution in [-0.4, -0.2) is 48.9 Å². The molecule has 4 rings (SSSR count). The van der Waals surface area contributed by atoms with E-state index >= 15 is 0 Å². The minimum atomic E-state index is 0.262. The summed E-state index contributed by atoms with van der Waals surface area (Å²) < 4.78 is 2.13. The van der Waals surface area contributed by atoms with Crippen molar-refractivity contribution in [2.45, 2.75) is 69.6 Å². The van der Waals surface area contributed by atoms with Crippen LogP contribution in [0.3, 0.4) is 0 Å². The standard InChI is InChI=1S/C21H29N5OS/c1-2-13-26-20(17-9-11-22-12-10-17)23-24-21(26)28-15-19(27)25-14-5-7-16-6-3-4-8-18(16)25/h9-12,16,18H,2-8,13-15H2,1H3. The van der Waals surface area contributed by atoms with E-state index in [1.807, 2.05) is 12.1 Å². The highest BCUT2D eigenvalue weighted by Gasteiger charge is 2.35. The Labute approximate surface area is 171 Å². The Morgan fingerprint density at radius 3 is 2.75 bits per heavy atom. The summed E-state index contributed by atoms with van der Waals surface area (Å²) in [5.74, 6) is 2.28. The first-order valence-electron chi connectivity index (χ1n) is 10.5. The van der Waals surface area contributed by atoms with Gasteiger partial charge in [0.25, 0.3) is 0 Å². The molecule has 0 aromatic carbocycles. The number of aromatic nitrogens is 4. The molecule has 1 amide bonds. The summed E-state index contributed by atoms with van der Waals surface area (Å²) in [6.45, 7) is 3.91. The average molecular weight is 400 g/mol. The average Bonchev–Trinajstić information content (AvgIpc) is 3.15. The van der Waals surface area contributed by atoms with Crippen molar-refractivity contribution in [2.24, 2.45) is 5.92 Å². The molecular formula is C21H29N5OS. The van der Waals surface area contributed by atoms with Crippen molar-refractivity contribution in [3.63, 3.8) is 0 Å². The number of thioether (sulfide) groups is 1. The molecule has 2 unspecified atom stereocenters. The molecule has 1 saturated carbocycles. The van der Waals surface area contributed by atoms with E-state index < -0.39 is 0 Å². The number of pyridine rings is 1. The number of piperidine rings is 1. The van der Waals surface area contributed by atoms with Crippen LogP contribution >= 0.6 is 11.8 Å². The quantitative estimate of drug-likeness (QED) is 0.687. The van der Waals surface area contributed by atoms with E-state index in [2.05, 4.69) is 31.6 Å². The molecule has 150 valence electrons. The van der Waals surface area contributed by atoms with Gasteiger partial charge in [-0.05, 0) is 50.2 Å². The largest absolute Gasteiger partial charge is 0.339 e. The SMILES string of the molecule is CCCn1c(SCC(=O)N2CCCC3CCCCC32)nnc1-c1ccncc1. The van der Waals surface area contributed by atoms with Crippen LogP contribution in [-0.2, 0) is 11.3 Å². The highest BCUT2D eigenvalue weighted by molar-refractivity contribution is 7.99. The highest BCUT2D eigenvalue weighted by atomic mass is 32.2. The number of fused-ring (bicyclic) bond motifs is 1. The molecule has 0 bridgehead atoms. The van der Waals surface area contributed by atoms with Crippen molar-refractivity contribution < 1.29 is 4.79 Å². The van der Waals surface area contributed by atoms with Gasteiger partial charge >= 0.3 is 0 Å². The number of likely N-dealkylation sites (tertiary alicyclic amines) is 1. The molecule has 2 aliphatic rings. The normalized spacial score (nSPS) is 22.1. The molecule has 2 aromatic rings. The number of amides is 1. The molecule has 1 aliphatic carbocycles. The third-order valence-electron chi connectivity index (χ3n) is 5.99. The van der Waals surface area contributed by atoms with Gasteiger partial charge in [0, 0.05) is 37.1 Å². The van der Waals surface area contributed by atoms with Crippen molar-refractivity contribution in [2.75, 3.05) is 12.3 Å². The lowest BCUT2D eigenvalue weighted by molar-refractivity contribution is -0.134. The number of carbonyl (C=O) groups is 1. The molecule has 7 heteroatoms. The number of carbonyl (C=O) groups excluding carboxylic acids is 1. The van der Waals surface area contributed by atoms with Gasteiger partial charge in [0.15, 0.2) is 11.0 Å². The lowest BCUT2D eigenvalue weighted by Gasteiger charge is -2.44. The van der Waals surface area contributed by atoms with Crippen LogP contribution in [0.1, 0.15) is 51.9 Å². The first-order valence-corrected chi connectivity index (χ1v) is 11.5. The van der Waals surface area contributed by atoms with Gasteiger partial charge in [-0.25, -0.2) is 0 Å². The predicted molar refractivity (Wildman–Crippen MR) is 111 cm³/mol. The summed E-state index contributed by atoms with van der Waals surface area (Å²) in [6, 6.07) is 4.37. The Balaban J connectivity index is 1.45. The summed E-state index contributed by atoms with van der Waals surface area (Å²) in [5.41, 5.74) is 1.01. The molecule has 1 aliphatic heterocycles. The first-order chi connectivity index (χ1) is 13.8. The molecular weight excluding hydrogens is 370 g/mol. The molecule has 0 radical (unpaired) electrons. The minimum Gasteiger partial charge on any atom is -0.339 e. The predicted octanol–water partition coefficient (Wildman–Crippen LogP) is 4.02. The number of nitrogens with zero attached hydrogens (tertiary/aromatic N) is 5. The molecule has 1 saturated heterocycles. The van der Waals surface area contributed by atoms with Crippen LogP contribution in [0.4, 0.5) is 0 Å². The molecule has 0 spiro atoms. The maximum absolute atomic E-state index is 13.0. The second kappa shape index (κ2) is 9.07. The van der Waals surface area contributed by atoms with Gasteiger partial charge in [0.1, 0.15) is 0 Å². The summed E-state index contributed by atoms with van der Waals surface area (Å²) in [6.07, 6.45) is 12.0. The van der Waals surface area contributed by atoms with Crippen molar-refractivity contribution in [3.8, 4) is 11.4 Å². The maximum Gasteiger partial charge on any atom is 0.233 e. The monoisotopic (exact) mass is 399 g/mol. The summed E-state index contributed by atoms with van der Waals surface area (Å²) >= 11 is 1.53. The zero-order chi connectivity index (χ0) is 19.3. The fourth-order valence-corrected chi connectivity index (χ4v) is 5.53. The third kappa shape index (κ3) is 4.09. The number of hydrogen-bond donors (Lipinski definition) is 0. The van der Waals surface area contributed by atoms with E-state index in [4.69, 9.17) is 0 Å². The van der Waals surface area contributed by atoms with E-state index in [0.717, 1.165) is 48.4 Å². The van der Waals surface area contributed by atoms with Gasteiger partial charge in [-0.3, -0.25) is 9.78 Å². The van der Waals surface area contributed by atoms with Crippen LogP contribution in [0.2, 0.25) is 0 Å². The van der Waals surface area contributed by atoms with E-state index in [0.29, 0.717) is 11.8 Å². The number of rotatable bonds is 6. The van der Waals surface area contributed by atoms with Crippen LogP contribution in [0, 0.1) is 5.92 Å². The number of hydrogen-bond acceptors (Lipinski definition) is 5. The van der Waals surface area contributed by atoms with E-state index in [-0.39, 0.29) is 5.91 Å². The lowest BCUT2D eigenvalue weighted by atomic mass is 9.78. The fraction of sp³-hybridized carbons (Fsp3) is 0.619. The van der Waals surface area contributed by atoms with Crippen LogP contribution in [0.5, 0.6) is 0 Å². The zero-order valence-electron chi connectivity index (χ0n) is 16.6. The molecule has 6 nitrogen and oxygen atoms in total. The maximum atomic E-state index is 13.0. The zero-order valence-corrected chi connectivity index (χ0v) is 17.4. The van der Waals surface area contributed by atoms with Crippen LogP contribution in [0.25, 0.3) is 11.4 Å². The molecule has 3 heterocycles. The second-order valence-electron chi connectivity index (χ2n) is 7.82. The molecule has 2 atom stereocenters. The summed E-state index contributed by atoms with van der Waals surface area (Å²) in [7, 11) is 0. The van der Waals surface area contributed by atoms with Gasteiger partial charge in [-0.15, -0.1) is 10.2 Å². The fourth-order valence-electron chi connectivity index (χ4n) is 4.68. The smallest absolute Gasteiger partial charge is 0.233 e. The van der Waals surface area contributed by atoms with E-state index in [9.17, 15) is 4.79 Å². The third-order valence-corrected chi connectivity index (χ3v) is 6.94. The van der Waals surface area contributed by atoms with Gasteiger partial charge in [0.2, 0.25) is 5.91 Å². The Bertz CT molecular complexity index is 791. The molecule has 28 heavy (non-hydrogen) atoms. The van der Waals surface area contributed by atoms with Crippen molar-refractivity contribution in [3.05, 3.63) is 24.5 Å². The topological polar surface area (TPSA) is 63.9 Å². The van der Waals surface area contributed by atoms with Crippen molar-refractivity contribution in [1.82, 2.24) is 24.6 Å². The van der Waals surface area contributed by atoms with Gasteiger partial charge < -0.3 is 9.47 Å². The van der Waals surface area contributed by atoms with Gasteiger partial charge in [0.05, 0.1) is 5.75 Å². The molecule has 2 fully saturated rings. The Morgan fingerprint density at radius 1 is 1.14 bits per heavy atom. The van der Waals surface area contributed by atoms with E-state index in [1.54, 1.807) is 12.4 Å². The summed E-state index contributed by atoms with van der Waals surface area (Å²) in [4.78, 5) is 19.3. The van der Waals surface area contributed by atoms with Crippen molar-refractivity contribution in [1.29, 1.82) is 0 Å². The van der Waals surface area contributed by atoms with E-state index in [1.165, 1.54) is 43.9 Å². The van der Waals surface area contributed by atoms with Crippen LogP contribution in [0.15, 0.2) is 29.7 Å². The molecule has 2 aromatic heterocycles. The van der Waals surface area contributed by atoms with Crippen molar-refractivity contribution >= 4 is 17.7 Å². The van der Waals surface area contributed by atoms with Gasteiger partial charge in [-0.1, -0.05) is 31.5 Å². The van der Waals surface area contributed by atoms with Gasteiger partial charge in [-0.2, -0.15) is 0 Å². The summed E-state index contributed by atoms with van der Waals surface area (Å²) in [5, 5.41) is 9.63. The Hall–Kier alpha value is -1.89.